The Bertz CT molecular complexity index is 306. The van der Waals surface area contributed by atoms with Crippen LogP contribution in [-0.4, -0.2) is 40.4 Å². The predicted octanol–water partition coefficient (Wildman–Crippen LogP) is 1.60. The number of imide groups is 1. The van der Waals surface area contributed by atoms with Gasteiger partial charge in [0.1, 0.15) is 5.54 Å². The van der Waals surface area contributed by atoms with Gasteiger partial charge in [-0.1, -0.05) is 12.8 Å². The highest BCUT2D eigenvalue weighted by Crippen LogP contribution is 2.41. The van der Waals surface area contributed by atoms with Gasteiger partial charge < -0.3 is 4.90 Å². The largest absolute Gasteiger partial charge is 0.327 e. The highest BCUT2D eigenvalue weighted by molar-refractivity contribution is 6.07. The standard InChI is InChI=1S/C11H18N2O2/c1-8(2)13-9(14)11(6-4-5-7-11)12(3)10(13)15/h8H,4-7H2,1-3H3. The molecule has 2 aliphatic rings. The molecule has 1 aliphatic heterocycles. The van der Waals surface area contributed by atoms with E-state index >= 15 is 0 Å². The molecule has 3 amide bonds. The van der Waals surface area contributed by atoms with E-state index in [1.807, 2.05) is 13.8 Å². The van der Waals surface area contributed by atoms with Crippen molar-refractivity contribution >= 4 is 11.9 Å². The molecule has 0 aromatic rings. The van der Waals surface area contributed by atoms with E-state index in [1.54, 1.807) is 11.9 Å². The number of hydrogen-bond acceptors (Lipinski definition) is 2. The first kappa shape index (κ1) is 10.5. The number of hydrogen-bond donors (Lipinski definition) is 0. The van der Waals surface area contributed by atoms with Gasteiger partial charge in [0.25, 0.3) is 5.91 Å². The Morgan fingerprint density at radius 2 is 1.73 bits per heavy atom. The summed E-state index contributed by atoms with van der Waals surface area (Å²) in [5.74, 6) is 0.0162. The summed E-state index contributed by atoms with van der Waals surface area (Å²) in [7, 11) is 1.76. The second kappa shape index (κ2) is 3.22. The molecule has 84 valence electrons. The van der Waals surface area contributed by atoms with Gasteiger partial charge in [-0.05, 0) is 26.7 Å². The topological polar surface area (TPSA) is 40.6 Å². The third-order valence-electron chi connectivity index (χ3n) is 3.70. The first-order valence-electron chi connectivity index (χ1n) is 5.62. The molecule has 1 spiro atoms. The molecule has 2 fully saturated rings. The normalized spacial score (nSPS) is 25.1. The summed E-state index contributed by atoms with van der Waals surface area (Å²) in [6.45, 7) is 3.77. The molecule has 0 atom stereocenters. The summed E-state index contributed by atoms with van der Waals surface area (Å²) in [5.41, 5.74) is -0.499. The van der Waals surface area contributed by atoms with Crippen LogP contribution in [0.15, 0.2) is 0 Å². The number of carbonyl (C=O) groups is 2. The van der Waals surface area contributed by atoms with Crippen molar-refractivity contribution in [2.24, 2.45) is 0 Å². The van der Waals surface area contributed by atoms with Gasteiger partial charge in [0.05, 0.1) is 0 Å². The number of carbonyl (C=O) groups excluding carboxylic acids is 2. The van der Waals surface area contributed by atoms with Crippen LogP contribution < -0.4 is 0 Å². The molecule has 1 saturated heterocycles. The molecular formula is C11H18N2O2. The summed E-state index contributed by atoms with van der Waals surface area (Å²) in [5, 5.41) is 0. The zero-order valence-electron chi connectivity index (χ0n) is 9.62. The third-order valence-corrected chi connectivity index (χ3v) is 3.70. The Kier molecular flexibility index (Phi) is 2.24. The van der Waals surface area contributed by atoms with Gasteiger partial charge in [0, 0.05) is 13.1 Å². The van der Waals surface area contributed by atoms with Crippen molar-refractivity contribution in [1.29, 1.82) is 0 Å². The lowest BCUT2D eigenvalue weighted by molar-refractivity contribution is -0.133. The molecule has 0 radical (unpaired) electrons. The first-order chi connectivity index (χ1) is 7.00. The minimum Gasteiger partial charge on any atom is -0.313 e. The molecular weight excluding hydrogens is 192 g/mol. The van der Waals surface area contributed by atoms with Crippen LogP contribution in [0.5, 0.6) is 0 Å². The average Bonchev–Trinajstić information content (AvgIpc) is 2.70. The van der Waals surface area contributed by atoms with Gasteiger partial charge in [-0.15, -0.1) is 0 Å². The lowest BCUT2D eigenvalue weighted by Gasteiger charge is -2.27. The summed E-state index contributed by atoms with van der Waals surface area (Å²) in [4.78, 5) is 27.3. The molecule has 1 saturated carbocycles. The van der Waals surface area contributed by atoms with Gasteiger partial charge in [-0.25, -0.2) is 4.79 Å². The molecule has 1 heterocycles. The Hall–Kier alpha value is -1.06. The number of amides is 3. The van der Waals surface area contributed by atoms with Crippen LogP contribution in [0, 0.1) is 0 Å². The summed E-state index contributed by atoms with van der Waals surface area (Å²) >= 11 is 0. The zero-order chi connectivity index (χ0) is 11.2. The van der Waals surface area contributed by atoms with Crippen molar-refractivity contribution in [2.45, 2.75) is 51.1 Å². The van der Waals surface area contributed by atoms with Crippen molar-refractivity contribution in [3.05, 3.63) is 0 Å². The van der Waals surface area contributed by atoms with Crippen molar-refractivity contribution in [2.75, 3.05) is 7.05 Å². The van der Waals surface area contributed by atoms with Gasteiger partial charge in [0.15, 0.2) is 0 Å². The highest BCUT2D eigenvalue weighted by atomic mass is 16.2. The number of urea groups is 1. The van der Waals surface area contributed by atoms with E-state index in [1.165, 1.54) is 4.90 Å². The van der Waals surface area contributed by atoms with Crippen LogP contribution in [0.1, 0.15) is 39.5 Å². The number of rotatable bonds is 1. The zero-order valence-corrected chi connectivity index (χ0v) is 9.62. The fourth-order valence-electron chi connectivity index (χ4n) is 2.76. The molecule has 0 unspecified atom stereocenters. The van der Waals surface area contributed by atoms with E-state index in [2.05, 4.69) is 0 Å². The Morgan fingerprint density at radius 3 is 2.13 bits per heavy atom. The van der Waals surface area contributed by atoms with E-state index in [9.17, 15) is 9.59 Å². The van der Waals surface area contributed by atoms with E-state index in [4.69, 9.17) is 0 Å². The molecule has 0 bridgehead atoms. The first-order valence-corrected chi connectivity index (χ1v) is 5.62. The molecule has 2 rings (SSSR count). The molecule has 4 heteroatoms. The smallest absolute Gasteiger partial charge is 0.313 e. The summed E-state index contributed by atoms with van der Waals surface area (Å²) in [6, 6.07) is -0.163. The molecule has 0 aromatic carbocycles. The van der Waals surface area contributed by atoms with E-state index < -0.39 is 5.54 Å². The monoisotopic (exact) mass is 210 g/mol. The second-order valence-corrected chi connectivity index (χ2v) is 4.85. The van der Waals surface area contributed by atoms with Gasteiger partial charge in [-0.3, -0.25) is 9.69 Å². The minimum atomic E-state index is -0.499. The van der Waals surface area contributed by atoms with E-state index in [0.29, 0.717) is 0 Å². The Balaban J connectivity index is 2.36. The van der Waals surface area contributed by atoms with Crippen molar-refractivity contribution in [3.8, 4) is 0 Å². The quantitative estimate of drug-likeness (QED) is 0.617. The van der Waals surface area contributed by atoms with Gasteiger partial charge in [0.2, 0.25) is 0 Å². The Labute approximate surface area is 90.2 Å². The fraction of sp³-hybridized carbons (Fsp3) is 0.818. The van der Waals surface area contributed by atoms with E-state index in [-0.39, 0.29) is 18.0 Å². The maximum absolute atomic E-state index is 12.3. The lowest BCUT2D eigenvalue weighted by atomic mass is 9.96. The van der Waals surface area contributed by atoms with Crippen LogP contribution in [0.25, 0.3) is 0 Å². The molecule has 0 aromatic heterocycles. The molecule has 15 heavy (non-hydrogen) atoms. The average molecular weight is 210 g/mol. The maximum Gasteiger partial charge on any atom is 0.327 e. The highest BCUT2D eigenvalue weighted by Gasteiger charge is 2.57. The predicted molar refractivity (Wildman–Crippen MR) is 56.3 cm³/mol. The number of likely N-dealkylation sites (N-methyl/N-ethyl adjacent to an activating group) is 1. The van der Waals surface area contributed by atoms with Crippen molar-refractivity contribution < 1.29 is 9.59 Å². The van der Waals surface area contributed by atoms with Crippen LogP contribution in [0.2, 0.25) is 0 Å². The van der Waals surface area contributed by atoms with Crippen LogP contribution in [0.3, 0.4) is 0 Å². The molecule has 1 aliphatic carbocycles. The Morgan fingerprint density at radius 1 is 1.20 bits per heavy atom. The van der Waals surface area contributed by atoms with Crippen LogP contribution in [0.4, 0.5) is 4.79 Å². The molecule has 4 nitrogen and oxygen atoms in total. The summed E-state index contributed by atoms with van der Waals surface area (Å²) in [6.07, 6.45) is 3.76. The van der Waals surface area contributed by atoms with Crippen LogP contribution in [-0.2, 0) is 4.79 Å². The van der Waals surface area contributed by atoms with E-state index in [0.717, 1.165) is 25.7 Å². The van der Waals surface area contributed by atoms with Crippen LogP contribution >= 0.6 is 0 Å². The summed E-state index contributed by atoms with van der Waals surface area (Å²) < 4.78 is 0. The fourth-order valence-corrected chi connectivity index (χ4v) is 2.76. The SMILES string of the molecule is CC(C)N1C(=O)N(C)C2(CCCC2)C1=O. The second-order valence-electron chi connectivity index (χ2n) is 4.85. The van der Waals surface area contributed by atoms with Crippen molar-refractivity contribution in [3.63, 3.8) is 0 Å². The minimum absolute atomic E-state index is 0.0162. The number of nitrogens with zero attached hydrogens (tertiary/aromatic N) is 2. The maximum atomic E-state index is 12.3. The van der Waals surface area contributed by atoms with Gasteiger partial charge >= 0.3 is 6.03 Å². The van der Waals surface area contributed by atoms with Crippen molar-refractivity contribution in [1.82, 2.24) is 9.80 Å². The third kappa shape index (κ3) is 1.20. The lowest BCUT2D eigenvalue weighted by Crippen LogP contribution is -2.45. The van der Waals surface area contributed by atoms with Gasteiger partial charge in [-0.2, -0.15) is 0 Å². The molecule has 0 N–H and O–H groups in total.